The zero-order chi connectivity index (χ0) is 17.9. The second kappa shape index (κ2) is 7.47. The summed E-state index contributed by atoms with van der Waals surface area (Å²) in [5, 5.41) is 6.32. The van der Waals surface area contributed by atoms with E-state index in [2.05, 4.69) is 14.9 Å². The zero-order valence-corrected chi connectivity index (χ0v) is 14.8. The number of aromatic amines is 1. The van der Waals surface area contributed by atoms with Crippen LogP contribution in [0.1, 0.15) is 25.3 Å². The highest BCUT2D eigenvalue weighted by Gasteiger charge is 2.22. The number of H-pyrrole nitrogens is 1. The van der Waals surface area contributed by atoms with Gasteiger partial charge < -0.3 is 4.74 Å². The Bertz CT molecular complexity index is 882. The van der Waals surface area contributed by atoms with Gasteiger partial charge in [-0.25, -0.2) is 18.2 Å². The number of hydrogen-bond acceptors (Lipinski definition) is 5. The molecule has 1 aliphatic rings. The van der Waals surface area contributed by atoms with Crippen LogP contribution >= 0.6 is 0 Å². The van der Waals surface area contributed by atoms with Crippen LogP contribution in [0, 0.1) is 0 Å². The molecule has 2 N–H and O–H groups in total. The number of sulfonamides is 1. The molecule has 134 valence electrons. The molecule has 1 aromatic carbocycles. The van der Waals surface area contributed by atoms with Gasteiger partial charge >= 0.3 is 0 Å². The molecule has 0 unspecified atom stereocenters. The van der Waals surface area contributed by atoms with Crippen molar-refractivity contribution in [3.05, 3.63) is 46.2 Å². The van der Waals surface area contributed by atoms with E-state index < -0.39 is 10.0 Å². The van der Waals surface area contributed by atoms with Gasteiger partial charge in [0.1, 0.15) is 0 Å². The first-order valence-electron chi connectivity index (χ1n) is 8.30. The van der Waals surface area contributed by atoms with E-state index in [1.807, 2.05) is 6.92 Å². The van der Waals surface area contributed by atoms with Crippen LogP contribution in [0.3, 0.4) is 0 Å². The van der Waals surface area contributed by atoms with Crippen molar-refractivity contribution in [2.75, 3.05) is 13.2 Å². The fraction of sp³-hybridized carbons (Fsp3) is 0.412. The number of ether oxygens (including phenoxy) is 1. The molecular weight excluding hydrogens is 342 g/mol. The summed E-state index contributed by atoms with van der Waals surface area (Å²) in [5.74, 6) is 0. The lowest BCUT2D eigenvalue weighted by Gasteiger charge is -2.14. The number of aromatic nitrogens is 2. The van der Waals surface area contributed by atoms with Gasteiger partial charge in [-0.05, 0) is 37.0 Å². The minimum absolute atomic E-state index is 0.0658. The molecule has 25 heavy (non-hydrogen) atoms. The van der Waals surface area contributed by atoms with Gasteiger partial charge in [0.05, 0.1) is 16.7 Å². The van der Waals surface area contributed by atoms with Gasteiger partial charge in [0.25, 0.3) is 5.56 Å². The fourth-order valence-electron chi connectivity index (χ4n) is 2.85. The molecule has 0 aliphatic carbocycles. The van der Waals surface area contributed by atoms with Crippen LogP contribution < -0.4 is 10.3 Å². The molecule has 1 aromatic heterocycles. The summed E-state index contributed by atoms with van der Waals surface area (Å²) in [6, 6.07) is 8.11. The van der Waals surface area contributed by atoms with Crippen molar-refractivity contribution < 1.29 is 13.2 Å². The third-order valence-corrected chi connectivity index (χ3v) is 5.74. The summed E-state index contributed by atoms with van der Waals surface area (Å²) in [5.41, 5.74) is 1.57. The molecule has 1 saturated heterocycles. The van der Waals surface area contributed by atoms with E-state index in [0.717, 1.165) is 18.4 Å². The number of nitrogens with one attached hydrogen (secondary N) is 2. The maximum atomic E-state index is 12.8. The summed E-state index contributed by atoms with van der Waals surface area (Å²) in [4.78, 5) is 11.4. The molecule has 1 fully saturated rings. The van der Waals surface area contributed by atoms with Crippen LogP contribution in [0.2, 0.25) is 0 Å². The number of nitrogens with zero attached hydrogens (tertiary/aromatic N) is 1. The second-order valence-corrected chi connectivity index (χ2v) is 7.70. The van der Waals surface area contributed by atoms with Gasteiger partial charge in [0.2, 0.25) is 10.0 Å². The summed E-state index contributed by atoms with van der Waals surface area (Å²) in [6.45, 7) is 2.86. The summed E-state index contributed by atoms with van der Waals surface area (Å²) >= 11 is 0. The molecule has 2 heterocycles. The molecule has 0 saturated carbocycles. The van der Waals surface area contributed by atoms with Crippen molar-refractivity contribution in [3.63, 3.8) is 0 Å². The largest absolute Gasteiger partial charge is 0.377 e. The maximum Gasteiger partial charge on any atom is 0.264 e. The average Bonchev–Trinajstić information content (AvgIpc) is 3.14. The van der Waals surface area contributed by atoms with Crippen molar-refractivity contribution in [1.29, 1.82) is 0 Å². The molecular formula is C17H21N3O4S. The predicted octanol–water partition coefficient (Wildman–Crippen LogP) is 1.46. The second-order valence-electron chi connectivity index (χ2n) is 5.97. The SMILES string of the molecule is CCc1ccc(-c2ccc(=O)[nH]n2)cc1S(=O)(=O)NC[C@H]1CCCO1. The Labute approximate surface area is 146 Å². The van der Waals surface area contributed by atoms with Crippen LogP contribution in [0.25, 0.3) is 11.3 Å². The first kappa shape index (κ1) is 17.8. The molecule has 0 bridgehead atoms. The van der Waals surface area contributed by atoms with Crippen LogP contribution in [-0.4, -0.2) is 37.9 Å². The lowest BCUT2D eigenvalue weighted by Crippen LogP contribution is -2.32. The van der Waals surface area contributed by atoms with Gasteiger partial charge in [-0.2, -0.15) is 5.10 Å². The molecule has 8 heteroatoms. The van der Waals surface area contributed by atoms with Crippen molar-refractivity contribution in [2.45, 2.75) is 37.2 Å². The Morgan fingerprint density at radius 2 is 2.16 bits per heavy atom. The molecule has 1 aliphatic heterocycles. The number of aryl methyl sites for hydroxylation is 1. The Balaban J connectivity index is 1.91. The molecule has 0 spiro atoms. The van der Waals surface area contributed by atoms with Gasteiger partial charge in [0.15, 0.2) is 0 Å². The highest BCUT2D eigenvalue weighted by atomic mass is 32.2. The van der Waals surface area contributed by atoms with Crippen LogP contribution in [-0.2, 0) is 21.2 Å². The van der Waals surface area contributed by atoms with Gasteiger partial charge in [-0.3, -0.25) is 4.79 Å². The molecule has 1 atom stereocenters. The minimum Gasteiger partial charge on any atom is -0.377 e. The van der Waals surface area contributed by atoms with E-state index in [1.165, 1.54) is 6.07 Å². The number of rotatable bonds is 6. The van der Waals surface area contributed by atoms with E-state index in [0.29, 0.717) is 24.3 Å². The van der Waals surface area contributed by atoms with E-state index in [1.54, 1.807) is 24.3 Å². The standard InChI is InChI=1S/C17H21N3O4S/c1-2-12-5-6-13(15-7-8-17(21)20-19-15)10-16(12)25(22,23)18-11-14-4-3-9-24-14/h5-8,10,14,18H,2-4,9,11H2,1H3,(H,20,21)/t14-/m1/s1. The van der Waals surface area contributed by atoms with Gasteiger partial charge in [0, 0.05) is 24.8 Å². The first-order valence-corrected chi connectivity index (χ1v) is 9.78. The minimum atomic E-state index is -3.66. The van der Waals surface area contributed by atoms with E-state index in [-0.39, 0.29) is 23.1 Å². The molecule has 0 amide bonds. The Hall–Kier alpha value is -2.03. The monoisotopic (exact) mass is 363 g/mol. The first-order chi connectivity index (χ1) is 12.0. The van der Waals surface area contributed by atoms with Crippen molar-refractivity contribution in [1.82, 2.24) is 14.9 Å². The van der Waals surface area contributed by atoms with E-state index in [9.17, 15) is 13.2 Å². The van der Waals surface area contributed by atoms with Gasteiger partial charge in [-0.1, -0.05) is 19.1 Å². The lowest BCUT2D eigenvalue weighted by atomic mass is 10.1. The smallest absolute Gasteiger partial charge is 0.264 e. The third kappa shape index (κ3) is 4.15. The maximum absolute atomic E-state index is 12.8. The highest BCUT2D eigenvalue weighted by molar-refractivity contribution is 7.89. The Morgan fingerprint density at radius 1 is 1.32 bits per heavy atom. The van der Waals surface area contributed by atoms with Gasteiger partial charge in [-0.15, -0.1) is 0 Å². The van der Waals surface area contributed by atoms with Crippen molar-refractivity contribution >= 4 is 10.0 Å². The predicted molar refractivity (Wildman–Crippen MR) is 93.8 cm³/mol. The molecule has 7 nitrogen and oxygen atoms in total. The zero-order valence-electron chi connectivity index (χ0n) is 14.0. The summed E-state index contributed by atoms with van der Waals surface area (Å²) in [7, 11) is -3.66. The molecule has 0 radical (unpaired) electrons. The van der Waals surface area contributed by atoms with Crippen LogP contribution in [0.4, 0.5) is 0 Å². The quantitative estimate of drug-likeness (QED) is 0.809. The van der Waals surface area contributed by atoms with Crippen molar-refractivity contribution in [2.24, 2.45) is 0 Å². The molecule has 3 rings (SSSR count). The lowest BCUT2D eigenvalue weighted by molar-refractivity contribution is 0.114. The van der Waals surface area contributed by atoms with E-state index >= 15 is 0 Å². The molecule has 2 aromatic rings. The van der Waals surface area contributed by atoms with E-state index in [4.69, 9.17) is 4.74 Å². The summed E-state index contributed by atoms with van der Waals surface area (Å²) in [6.07, 6.45) is 2.35. The highest BCUT2D eigenvalue weighted by Crippen LogP contribution is 2.24. The summed E-state index contributed by atoms with van der Waals surface area (Å²) < 4.78 is 33.6. The topological polar surface area (TPSA) is 101 Å². The number of hydrogen-bond donors (Lipinski definition) is 2. The number of benzene rings is 1. The third-order valence-electron chi connectivity index (χ3n) is 4.24. The van der Waals surface area contributed by atoms with Crippen molar-refractivity contribution in [3.8, 4) is 11.3 Å². The fourth-order valence-corrected chi connectivity index (χ4v) is 4.25. The van der Waals surface area contributed by atoms with Crippen LogP contribution in [0.5, 0.6) is 0 Å². The average molecular weight is 363 g/mol. The Kier molecular flexibility index (Phi) is 5.31. The normalized spacial score (nSPS) is 17.7. The van der Waals surface area contributed by atoms with Crippen LogP contribution in [0.15, 0.2) is 40.0 Å². The Morgan fingerprint density at radius 3 is 2.80 bits per heavy atom.